The van der Waals surface area contributed by atoms with Crippen LogP contribution in [0.15, 0.2) is 48.8 Å². The average Bonchev–Trinajstić information content (AvgIpc) is 2.62. The molecule has 1 aromatic carbocycles. The van der Waals surface area contributed by atoms with Gasteiger partial charge in [-0.3, -0.25) is 9.97 Å². The summed E-state index contributed by atoms with van der Waals surface area (Å²) in [6.07, 6.45) is 3.49. The molecule has 0 saturated heterocycles. The molecule has 0 spiro atoms. The first-order valence-electron chi connectivity index (χ1n) is 7.25. The molecule has 3 aromatic rings. The van der Waals surface area contributed by atoms with Crippen LogP contribution in [-0.2, 0) is 6.54 Å². The topological polar surface area (TPSA) is 72.8 Å². The lowest BCUT2D eigenvalue weighted by molar-refractivity contribution is 0.416. The Labute approximate surface area is 134 Å². The quantitative estimate of drug-likeness (QED) is 0.781. The van der Waals surface area contributed by atoms with Gasteiger partial charge in [0.15, 0.2) is 0 Å². The fourth-order valence-electron chi connectivity index (χ4n) is 2.12. The van der Waals surface area contributed by atoms with Gasteiger partial charge < -0.3 is 10.1 Å². The van der Waals surface area contributed by atoms with E-state index in [1.165, 1.54) is 0 Å². The first-order valence-corrected chi connectivity index (χ1v) is 7.25. The number of ether oxygens (including phenoxy) is 1. The summed E-state index contributed by atoms with van der Waals surface area (Å²) in [6, 6.07) is 11.5. The van der Waals surface area contributed by atoms with Gasteiger partial charge in [0.05, 0.1) is 36.9 Å². The van der Waals surface area contributed by atoms with Gasteiger partial charge in [-0.1, -0.05) is 12.1 Å². The zero-order chi connectivity index (χ0) is 16.1. The van der Waals surface area contributed by atoms with Gasteiger partial charge in [0.2, 0.25) is 0 Å². The van der Waals surface area contributed by atoms with E-state index in [2.05, 4.69) is 25.5 Å². The van der Waals surface area contributed by atoms with Crippen LogP contribution in [0.2, 0.25) is 0 Å². The normalized spacial score (nSPS) is 10.3. The van der Waals surface area contributed by atoms with E-state index in [0.717, 1.165) is 28.4 Å². The molecule has 2 heterocycles. The lowest BCUT2D eigenvalue weighted by Gasteiger charge is -2.08. The number of hydrogen-bond acceptors (Lipinski definition) is 6. The molecule has 0 unspecified atom stereocenters. The second kappa shape index (κ2) is 6.83. The van der Waals surface area contributed by atoms with Gasteiger partial charge in [-0.25, -0.2) is 0 Å². The maximum Gasteiger partial charge on any atom is 0.149 e. The second-order valence-corrected chi connectivity index (χ2v) is 5.01. The largest absolute Gasteiger partial charge is 0.496 e. The van der Waals surface area contributed by atoms with Gasteiger partial charge in [-0.05, 0) is 31.2 Å². The smallest absolute Gasteiger partial charge is 0.149 e. The summed E-state index contributed by atoms with van der Waals surface area (Å²) in [5, 5.41) is 11.6. The number of anilines is 1. The second-order valence-electron chi connectivity index (χ2n) is 5.01. The summed E-state index contributed by atoms with van der Waals surface area (Å²) < 4.78 is 5.35. The van der Waals surface area contributed by atoms with Crippen molar-refractivity contribution in [3.63, 3.8) is 0 Å². The summed E-state index contributed by atoms with van der Waals surface area (Å²) in [5.41, 5.74) is 3.43. The van der Waals surface area contributed by atoms with Crippen molar-refractivity contribution in [2.45, 2.75) is 13.5 Å². The van der Waals surface area contributed by atoms with E-state index in [1.807, 2.05) is 43.3 Å². The first-order chi connectivity index (χ1) is 11.3. The standard InChI is InChI=1S/C17H17N5O/c1-12-9-19-13(10-18-12)11-20-17-8-7-15(21-22-17)14-5-3-4-6-16(14)23-2/h3-10H,11H2,1-2H3,(H,20,22). The Hall–Kier alpha value is -3.02. The van der Waals surface area contributed by atoms with Crippen LogP contribution in [-0.4, -0.2) is 27.3 Å². The van der Waals surface area contributed by atoms with Crippen LogP contribution in [0.5, 0.6) is 5.75 Å². The molecule has 0 aliphatic rings. The van der Waals surface area contributed by atoms with Crippen molar-refractivity contribution in [3.05, 3.63) is 60.2 Å². The Balaban J connectivity index is 1.71. The maximum absolute atomic E-state index is 5.35. The van der Waals surface area contributed by atoms with Crippen LogP contribution in [0, 0.1) is 6.92 Å². The minimum Gasteiger partial charge on any atom is -0.496 e. The van der Waals surface area contributed by atoms with Gasteiger partial charge >= 0.3 is 0 Å². The molecule has 0 aliphatic heterocycles. The monoisotopic (exact) mass is 307 g/mol. The van der Waals surface area contributed by atoms with Gasteiger partial charge in [0.1, 0.15) is 11.6 Å². The van der Waals surface area contributed by atoms with Crippen molar-refractivity contribution in [2.24, 2.45) is 0 Å². The molecule has 0 fully saturated rings. The van der Waals surface area contributed by atoms with Crippen molar-refractivity contribution in [1.82, 2.24) is 20.2 Å². The Morgan fingerprint density at radius 1 is 1.00 bits per heavy atom. The Morgan fingerprint density at radius 2 is 1.87 bits per heavy atom. The number of rotatable bonds is 5. The highest BCUT2D eigenvalue weighted by atomic mass is 16.5. The van der Waals surface area contributed by atoms with Crippen molar-refractivity contribution >= 4 is 5.82 Å². The Kier molecular flexibility index (Phi) is 4.42. The molecule has 0 amide bonds. The fourth-order valence-corrected chi connectivity index (χ4v) is 2.12. The Bertz CT molecular complexity index is 772. The van der Waals surface area contributed by atoms with Crippen LogP contribution < -0.4 is 10.1 Å². The van der Waals surface area contributed by atoms with E-state index in [0.29, 0.717) is 12.4 Å². The molecule has 0 radical (unpaired) electrons. The molecular weight excluding hydrogens is 290 g/mol. The summed E-state index contributed by atoms with van der Waals surface area (Å²) >= 11 is 0. The molecule has 23 heavy (non-hydrogen) atoms. The third kappa shape index (κ3) is 3.60. The third-order valence-corrected chi connectivity index (χ3v) is 3.33. The van der Waals surface area contributed by atoms with Crippen molar-refractivity contribution in [2.75, 3.05) is 12.4 Å². The van der Waals surface area contributed by atoms with E-state index in [4.69, 9.17) is 4.74 Å². The first kappa shape index (κ1) is 14.9. The summed E-state index contributed by atoms with van der Waals surface area (Å²) in [4.78, 5) is 8.50. The van der Waals surface area contributed by atoms with Crippen LogP contribution >= 0.6 is 0 Å². The predicted molar refractivity (Wildman–Crippen MR) is 88.1 cm³/mol. The number of nitrogens with zero attached hydrogens (tertiary/aromatic N) is 4. The van der Waals surface area contributed by atoms with Gasteiger partial charge in [0, 0.05) is 11.8 Å². The average molecular weight is 307 g/mol. The number of para-hydroxylation sites is 1. The number of hydrogen-bond donors (Lipinski definition) is 1. The summed E-state index contributed by atoms with van der Waals surface area (Å²) in [7, 11) is 1.64. The zero-order valence-electron chi connectivity index (χ0n) is 13.0. The SMILES string of the molecule is COc1ccccc1-c1ccc(NCc2cnc(C)cn2)nn1. The highest BCUT2D eigenvalue weighted by Gasteiger charge is 2.07. The van der Waals surface area contributed by atoms with E-state index in [-0.39, 0.29) is 0 Å². The van der Waals surface area contributed by atoms with Crippen molar-refractivity contribution < 1.29 is 4.74 Å². The van der Waals surface area contributed by atoms with Crippen LogP contribution in [0.4, 0.5) is 5.82 Å². The molecular formula is C17H17N5O. The molecule has 0 aliphatic carbocycles. The molecule has 1 N–H and O–H groups in total. The highest BCUT2D eigenvalue weighted by Crippen LogP contribution is 2.27. The third-order valence-electron chi connectivity index (χ3n) is 3.33. The van der Waals surface area contributed by atoms with E-state index in [1.54, 1.807) is 19.5 Å². The predicted octanol–water partition coefficient (Wildman–Crippen LogP) is 2.86. The minimum absolute atomic E-state index is 0.552. The Morgan fingerprint density at radius 3 is 2.57 bits per heavy atom. The van der Waals surface area contributed by atoms with E-state index < -0.39 is 0 Å². The van der Waals surface area contributed by atoms with Gasteiger partial charge in [0.25, 0.3) is 0 Å². The summed E-state index contributed by atoms with van der Waals surface area (Å²) in [5.74, 6) is 1.46. The summed E-state index contributed by atoms with van der Waals surface area (Å²) in [6.45, 7) is 2.46. The van der Waals surface area contributed by atoms with Crippen molar-refractivity contribution in [1.29, 1.82) is 0 Å². The zero-order valence-corrected chi connectivity index (χ0v) is 13.0. The highest BCUT2D eigenvalue weighted by molar-refractivity contribution is 5.67. The van der Waals surface area contributed by atoms with Crippen LogP contribution in [0.1, 0.15) is 11.4 Å². The molecule has 116 valence electrons. The number of methoxy groups -OCH3 is 1. The van der Waals surface area contributed by atoms with Gasteiger partial charge in [-0.2, -0.15) is 0 Å². The molecule has 2 aromatic heterocycles. The molecule has 3 rings (SSSR count). The molecule has 0 bridgehead atoms. The molecule has 0 saturated carbocycles. The fraction of sp³-hybridized carbons (Fsp3) is 0.176. The van der Waals surface area contributed by atoms with Crippen molar-refractivity contribution in [3.8, 4) is 17.0 Å². The van der Waals surface area contributed by atoms with E-state index in [9.17, 15) is 0 Å². The number of aromatic nitrogens is 4. The number of nitrogens with one attached hydrogen (secondary N) is 1. The number of benzene rings is 1. The molecule has 6 heteroatoms. The lowest BCUT2D eigenvalue weighted by Crippen LogP contribution is -2.05. The van der Waals surface area contributed by atoms with Crippen LogP contribution in [0.3, 0.4) is 0 Å². The van der Waals surface area contributed by atoms with E-state index >= 15 is 0 Å². The molecule has 6 nitrogen and oxygen atoms in total. The van der Waals surface area contributed by atoms with Crippen LogP contribution in [0.25, 0.3) is 11.3 Å². The molecule has 0 atom stereocenters. The number of aryl methyl sites for hydroxylation is 1. The van der Waals surface area contributed by atoms with Gasteiger partial charge in [-0.15, -0.1) is 10.2 Å². The lowest BCUT2D eigenvalue weighted by atomic mass is 10.1. The maximum atomic E-state index is 5.35. The minimum atomic E-state index is 0.552.